The van der Waals surface area contributed by atoms with Gasteiger partial charge in [0.1, 0.15) is 5.75 Å². The number of nitrogens with one attached hydrogen (secondary N) is 1. The first-order valence-corrected chi connectivity index (χ1v) is 13.7. The van der Waals surface area contributed by atoms with Crippen molar-refractivity contribution in [1.82, 2.24) is 15.1 Å². The van der Waals surface area contributed by atoms with E-state index in [2.05, 4.69) is 31.4 Å². The summed E-state index contributed by atoms with van der Waals surface area (Å²) in [5.41, 5.74) is 2.73. The van der Waals surface area contributed by atoms with Gasteiger partial charge in [0.15, 0.2) is 0 Å². The lowest BCUT2D eigenvalue weighted by atomic mass is 9.94. The fourth-order valence-corrected chi connectivity index (χ4v) is 5.62. The number of rotatable bonds is 8. The van der Waals surface area contributed by atoms with Crippen molar-refractivity contribution in [3.8, 4) is 17.2 Å². The molecule has 1 amide bonds. The van der Waals surface area contributed by atoms with E-state index in [4.69, 9.17) is 9.15 Å². The minimum atomic E-state index is -0.0995. The van der Waals surface area contributed by atoms with Crippen molar-refractivity contribution in [2.45, 2.75) is 43.4 Å². The second kappa shape index (κ2) is 11.8. The zero-order valence-electron chi connectivity index (χ0n) is 20.7. The zero-order chi connectivity index (χ0) is 24.7. The molecule has 0 unspecified atom stereocenters. The fourth-order valence-electron chi connectivity index (χ4n) is 5.06. The van der Waals surface area contributed by atoms with Crippen molar-refractivity contribution in [3.63, 3.8) is 0 Å². The van der Waals surface area contributed by atoms with Gasteiger partial charge in [-0.1, -0.05) is 43.2 Å². The zero-order valence-corrected chi connectivity index (χ0v) is 21.5. The quantitative estimate of drug-likeness (QED) is 0.430. The predicted molar refractivity (Wildman–Crippen MR) is 143 cm³/mol. The van der Waals surface area contributed by atoms with Crippen LogP contribution in [0.5, 0.6) is 5.75 Å². The first kappa shape index (κ1) is 24.6. The van der Waals surface area contributed by atoms with Crippen molar-refractivity contribution in [3.05, 3.63) is 48.5 Å². The number of amides is 1. The van der Waals surface area contributed by atoms with E-state index in [1.165, 1.54) is 43.9 Å². The maximum absolute atomic E-state index is 12.8. The van der Waals surface area contributed by atoms with Gasteiger partial charge in [0.2, 0.25) is 11.8 Å². The Balaban J connectivity index is 1.14. The molecule has 36 heavy (non-hydrogen) atoms. The Labute approximate surface area is 216 Å². The van der Waals surface area contributed by atoms with Gasteiger partial charge in [-0.2, -0.15) is 0 Å². The van der Waals surface area contributed by atoms with E-state index in [9.17, 15) is 4.79 Å². The first-order valence-electron chi connectivity index (χ1n) is 12.7. The minimum absolute atomic E-state index is 0.0995. The van der Waals surface area contributed by atoms with E-state index in [0.29, 0.717) is 11.1 Å². The second-order valence-corrected chi connectivity index (χ2v) is 10.2. The summed E-state index contributed by atoms with van der Waals surface area (Å²) in [7, 11) is 1.62. The standard InChI is InChI=1S/C27H33N5O3S/c1-34-22-13-11-20(12-14-22)26-29-30-27(35-26)36-19-25(33)28-23-9-5-6-10-24(23)32-17-15-31(16-18-32)21-7-3-2-4-8-21/h5-6,9-14,21H,2-4,7-8,15-19H2,1H3,(H,28,33). The van der Waals surface area contributed by atoms with E-state index in [1.807, 2.05) is 42.5 Å². The number of aromatic nitrogens is 2. The molecule has 2 heterocycles. The average Bonchev–Trinajstić information content (AvgIpc) is 3.42. The molecule has 1 saturated carbocycles. The molecule has 9 heteroatoms. The highest BCUT2D eigenvalue weighted by molar-refractivity contribution is 7.99. The molecular formula is C27H33N5O3S. The number of hydrogen-bond donors (Lipinski definition) is 1. The lowest BCUT2D eigenvalue weighted by molar-refractivity contribution is -0.113. The number of methoxy groups -OCH3 is 1. The number of ether oxygens (including phenoxy) is 1. The lowest BCUT2D eigenvalue weighted by Crippen LogP contribution is -2.51. The number of para-hydroxylation sites is 2. The average molecular weight is 508 g/mol. The fraction of sp³-hybridized carbons (Fsp3) is 0.444. The number of benzene rings is 2. The number of carbonyl (C=O) groups is 1. The molecule has 2 aliphatic rings. The van der Waals surface area contributed by atoms with Gasteiger partial charge >= 0.3 is 0 Å². The van der Waals surface area contributed by atoms with Gasteiger partial charge in [-0.25, -0.2) is 0 Å². The number of hydrogen-bond acceptors (Lipinski definition) is 8. The van der Waals surface area contributed by atoms with Gasteiger partial charge in [0.05, 0.1) is 24.2 Å². The third kappa shape index (κ3) is 6.02. The maximum Gasteiger partial charge on any atom is 0.277 e. The van der Waals surface area contributed by atoms with Crippen molar-refractivity contribution in [2.75, 3.05) is 49.3 Å². The van der Waals surface area contributed by atoms with Crippen LogP contribution in [0.3, 0.4) is 0 Å². The minimum Gasteiger partial charge on any atom is -0.497 e. The largest absolute Gasteiger partial charge is 0.497 e. The molecule has 0 radical (unpaired) electrons. The molecule has 1 N–H and O–H groups in total. The predicted octanol–water partition coefficient (Wildman–Crippen LogP) is 4.93. The molecule has 1 aromatic heterocycles. The van der Waals surface area contributed by atoms with Crippen LogP contribution in [0.15, 0.2) is 58.2 Å². The van der Waals surface area contributed by atoms with Crippen molar-refractivity contribution in [2.24, 2.45) is 0 Å². The highest BCUT2D eigenvalue weighted by Crippen LogP contribution is 2.30. The topological polar surface area (TPSA) is 83.7 Å². The molecule has 2 aromatic carbocycles. The highest BCUT2D eigenvalue weighted by Gasteiger charge is 2.26. The van der Waals surface area contributed by atoms with E-state index in [-0.39, 0.29) is 11.7 Å². The first-order chi connectivity index (χ1) is 17.7. The molecule has 8 nitrogen and oxygen atoms in total. The Hall–Kier alpha value is -3.04. The number of carbonyl (C=O) groups excluding carboxylic acids is 1. The number of nitrogens with zero attached hydrogens (tertiary/aromatic N) is 4. The smallest absolute Gasteiger partial charge is 0.277 e. The molecular weight excluding hydrogens is 474 g/mol. The maximum atomic E-state index is 12.8. The SMILES string of the molecule is COc1ccc(-c2nnc(SCC(=O)Nc3ccccc3N3CCN(C4CCCCC4)CC3)o2)cc1. The monoisotopic (exact) mass is 507 g/mol. The summed E-state index contributed by atoms with van der Waals surface area (Å²) in [5.74, 6) is 1.26. The van der Waals surface area contributed by atoms with E-state index < -0.39 is 0 Å². The summed E-state index contributed by atoms with van der Waals surface area (Å²) in [4.78, 5) is 17.8. The van der Waals surface area contributed by atoms with E-state index >= 15 is 0 Å². The van der Waals surface area contributed by atoms with Crippen molar-refractivity contribution in [1.29, 1.82) is 0 Å². The van der Waals surface area contributed by atoms with Crippen LogP contribution in [0.2, 0.25) is 0 Å². The summed E-state index contributed by atoms with van der Waals surface area (Å²) in [6, 6.07) is 16.2. The van der Waals surface area contributed by atoms with Crippen LogP contribution in [0.25, 0.3) is 11.5 Å². The summed E-state index contributed by atoms with van der Waals surface area (Å²) < 4.78 is 10.9. The van der Waals surface area contributed by atoms with Crippen LogP contribution < -0.4 is 15.0 Å². The Morgan fingerprint density at radius 3 is 2.53 bits per heavy atom. The Morgan fingerprint density at radius 1 is 1.03 bits per heavy atom. The van der Waals surface area contributed by atoms with E-state index in [0.717, 1.165) is 54.9 Å². The Morgan fingerprint density at radius 2 is 1.78 bits per heavy atom. The number of thioether (sulfide) groups is 1. The summed E-state index contributed by atoms with van der Waals surface area (Å²) in [6.07, 6.45) is 6.80. The molecule has 1 aliphatic carbocycles. The summed E-state index contributed by atoms with van der Waals surface area (Å²) in [5, 5.41) is 11.6. The van der Waals surface area contributed by atoms with Crippen molar-refractivity contribution >= 4 is 29.0 Å². The van der Waals surface area contributed by atoms with Crippen LogP contribution in [0.4, 0.5) is 11.4 Å². The van der Waals surface area contributed by atoms with Gasteiger partial charge in [-0.05, 0) is 49.2 Å². The van der Waals surface area contributed by atoms with E-state index in [1.54, 1.807) is 7.11 Å². The third-order valence-electron chi connectivity index (χ3n) is 6.99. The number of piperazine rings is 1. The molecule has 2 fully saturated rings. The Kier molecular flexibility index (Phi) is 8.08. The van der Waals surface area contributed by atoms with Gasteiger partial charge in [-0.15, -0.1) is 10.2 Å². The van der Waals surface area contributed by atoms with Crippen LogP contribution in [0, 0.1) is 0 Å². The van der Waals surface area contributed by atoms with Gasteiger partial charge in [0, 0.05) is 37.8 Å². The molecule has 190 valence electrons. The van der Waals surface area contributed by atoms with Crippen molar-refractivity contribution < 1.29 is 13.9 Å². The van der Waals surface area contributed by atoms with Crippen LogP contribution in [-0.4, -0.2) is 66.1 Å². The second-order valence-electron chi connectivity index (χ2n) is 9.27. The summed E-state index contributed by atoms with van der Waals surface area (Å²) >= 11 is 1.23. The molecule has 0 spiro atoms. The van der Waals surface area contributed by atoms with Crippen LogP contribution in [-0.2, 0) is 4.79 Å². The van der Waals surface area contributed by atoms with Crippen LogP contribution in [0.1, 0.15) is 32.1 Å². The highest BCUT2D eigenvalue weighted by atomic mass is 32.2. The molecule has 3 aromatic rings. The van der Waals surface area contributed by atoms with Crippen LogP contribution >= 0.6 is 11.8 Å². The summed E-state index contributed by atoms with van der Waals surface area (Å²) in [6.45, 7) is 4.12. The molecule has 1 aliphatic heterocycles. The van der Waals surface area contributed by atoms with Gasteiger partial charge < -0.3 is 19.4 Å². The normalized spacial score (nSPS) is 17.2. The molecule has 5 rings (SSSR count). The lowest BCUT2D eigenvalue weighted by Gasteiger charge is -2.42. The third-order valence-corrected chi connectivity index (χ3v) is 7.81. The Bertz CT molecular complexity index is 1140. The van der Waals surface area contributed by atoms with Gasteiger partial charge in [0.25, 0.3) is 5.22 Å². The molecule has 0 bridgehead atoms. The number of anilines is 2. The van der Waals surface area contributed by atoms with Gasteiger partial charge in [-0.3, -0.25) is 9.69 Å². The molecule has 0 atom stereocenters. The molecule has 1 saturated heterocycles.